The summed E-state index contributed by atoms with van der Waals surface area (Å²) >= 11 is 3.35. The monoisotopic (exact) mass is 323 g/mol. The van der Waals surface area contributed by atoms with Crippen LogP contribution in [-0.2, 0) is 10.9 Å². The van der Waals surface area contributed by atoms with Crippen molar-refractivity contribution >= 4 is 21.6 Å². The molecule has 0 radical (unpaired) electrons. The van der Waals surface area contributed by atoms with E-state index in [0.717, 1.165) is 23.2 Å². The molecule has 0 N–H and O–H groups in total. The van der Waals surface area contributed by atoms with Crippen LogP contribution in [0, 0.1) is 0 Å². The molecule has 0 aromatic heterocycles. The molecule has 100 valence electrons. The van der Waals surface area contributed by atoms with Crippen LogP contribution in [0.25, 0.3) is 0 Å². The standard InChI is InChI=1S/C12H13BrF3NO/c13-7-11-8-17(5-6-18-11)10-3-1-9(2-4-10)12(14,15)16/h1-4,11H,5-8H2. The highest BCUT2D eigenvalue weighted by Gasteiger charge is 2.30. The van der Waals surface area contributed by atoms with E-state index in [1.54, 1.807) is 0 Å². The molecule has 1 atom stereocenters. The number of benzene rings is 1. The molecule has 6 heteroatoms. The van der Waals surface area contributed by atoms with E-state index >= 15 is 0 Å². The van der Waals surface area contributed by atoms with Gasteiger partial charge in [-0.1, -0.05) is 15.9 Å². The quantitative estimate of drug-likeness (QED) is 0.774. The number of morpholine rings is 1. The lowest BCUT2D eigenvalue weighted by molar-refractivity contribution is -0.137. The minimum atomic E-state index is -4.28. The van der Waals surface area contributed by atoms with Crippen molar-refractivity contribution in [2.24, 2.45) is 0 Å². The van der Waals surface area contributed by atoms with Crippen molar-refractivity contribution in [1.82, 2.24) is 0 Å². The van der Waals surface area contributed by atoms with Gasteiger partial charge >= 0.3 is 6.18 Å². The van der Waals surface area contributed by atoms with E-state index in [1.807, 2.05) is 4.90 Å². The number of hydrogen-bond acceptors (Lipinski definition) is 2. The number of nitrogens with zero attached hydrogens (tertiary/aromatic N) is 1. The summed E-state index contributed by atoms with van der Waals surface area (Å²) in [5.41, 5.74) is 0.189. The van der Waals surface area contributed by atoms with Gasteiger partial charge < -0.3 is 9.64 Å². The van der Waals surface area contributed by atoms with E-state index in [0.29, 0.717) is 19.7 Å². The summed E-state index contributed by atoms with van der Waals surface area (Å²) in [4.78, 5) is 2.04. The van der Waals surface area contributed by atoms with Gasteiger partial charge in [0.15, 0.2) is 0 Å². The summed E-state index contributed by atoms with van der Waals surface area (Å²) < 4.78 is 42.8. The highest BCUT2D eigenvalue weighted by atomic mass is 79.9. The van der Waals surface area contributed by atoms with Crippen molar-refractivity contribution in [1.29, 1.82) is 0 Å². The molecule has 18 heavy (non-hydrogen) atoms. The molecule has 0 bridgehead atoms. The van der Waals surface area contributed by atoms with Crippen molar-refractivity contribution in [3.05, 3.63) is 29.8 Å². The Hall–Kier alpha value is -0.750. The lowest BCUT2D eigenvalue weighted by Crippen LogP contribution is -2.43. The third-order valence-corrected chi connectivity index (χ3v) is 3.59. The zero-order valence-corrected chi connectivity index (χ0v) is 11.2. The summed E-state index contributed by atoms with van der Waals surface area (Å²) in [5.74, 6) is 0. The number of ether oxygens (including phenoxy) is 1. The van der Waals surface area contributed by atoms with Crippen LogP contribution in [0.5, 0.6) is 0 Å². The van der Waals surface area contributed by atoms with Gasteiger partial charge in [-0.25, -0.2) is 0 Å². The zero-order chi connectivity index (χ0) is 13.2. The van der Waals surface area contributed by atoms with E-state index in [9.17, 15) is 13.2 Å². The van der Waals surface area contributed by atoms with Crippen LogP contribution in [0.2, 0.25) is 0 Å². The second-order valence-electron chi connectivity index (χ2n) is 4.14. The fraction of sp³-hybridized carbons (Fsp3) is 0.500. The van der Waals surface area contributed by atoms with Gasteiger partial charge in [-0.15, -0.1) is 0 Å². The van der Waals surface area contributed by atoms with Crippen LogP contribution in [0.1, 0.15) is 5.56 Å². The molecule has 1 unspecified atom stereocenters. The van der Waals surface area contributed by atoms with Gasteiger partial charge in [0.25, 0.3) is 0 Å². The Bertz CT molecular complexity index is 393. The molecule has 1 aliphatic heterocycles. The van der Waals surface area contributed by atoms with Crippen molar-refractivity contribution in [2.75, 3.05) is 29.9 Å². The topological polar surface area (TPSA) is 12.5 Å². The van der Waals surface area contributed by atoms with Gasteiger partial charge in [0, 0.05) is 24.1 Å². The molecule has 1 fully saturated rings. The molecule has 1 heterocycles. The SMILES string of the molecule is FC(F)(F)c1ccc(N2CCOC(CBr)C2)cc1. The Morgan fingerprint density at radius 2 is 1.94 bits per heavy atom. The van der Waals surface area contributed by atoms with E-state index in [-0.39, 0.29) is 6.10 Å². The Balaban J connectivity index is 2.09. The van der Waals surface area contributed by atoms with Crippen LogP contribution in [-0.4, -0.2) is 31.1 Å². The fourth-order valence-electron chi connectivity index (χ4n) is 1.91. The van der Waals surface area contributed by atoms with E-state index in [2.05, 4.69) is 15.9 Å². The van der Waals surface area contributed by atoms with Crippen molar-refractivity contribution in [3.8, 4) is 0 Å². The molecule has 0 saturated carbocycles. The molecular weight excluding hydrogens is 311 g/mol. The third kappa shape index (κ3) is 3.17. The molecule has 2 nitrogen and oxygen atoms in total. The first-order valence-corrected chi connectivity index (χ1v) is 6.72. The summed E-state index contributed by atoms with van der Waals surface area (Å²) in [5, 5.41) is 0.726. The summed E-state index contributed by atoms with van der Waals surface area (Å²) in [7, 11) is 0. The van der Waals surface area contributed by atoms with Crippen molar-refractivity contribution < 1.29 is 17.9 Å². The summed E-state index contributed by atoms with van der Waals surface area (Å²) in [6, 6.07) is 5.26. The first kappa shape index (κ1) is 13.7. The lowest BCUT2D eigenvalue weighted by Gasteiger charge is -2.33. The molecule has 0 amide bonds. The molecule has 1 saturated heterocycles. The fourth-order valence-corrected chi connectivity index (χ4v) is 2.30. The van der Waals surface area contributed by atoms with Gasteiger partial charge in [-0.3, -0.25) is 0 Å². The Morgan fingerprint density at radius 3 is 2.50 bits per heavy atom. The van der Waals surface area contributed by atoms with E-state index in [1.165, 1.54) is 12.1 Å². The van der Waals surface area contributed by atoms with E-state index in [4.69, 9.17) is 4.74 Å². The maximum absolute atomic E-state index is 12.4. The average molecular weight is 324 g/mol. The number of halogens is 4. The van der Waals surface area contributed by atoms with Crippen LogP contribution >= 0.6 is 15.9 Å². The second kappa shape index (κ2) is 5.48. The number of alkyl halides is 4. The minimum absolute atomic E-state index is 0.0843. The Kier molecular flexibility index (Phi) is 4.17. The van der Waals surface area contributed by atoms with Crippen LogP contribution in [0.4, 0.5) is 18.9 Å². The first-order chi connectivity index (χ1) is 8.50. The second-order valence-corrected chi connectivity index (χ2v) is 4.79. The van der Waals surface area contributed by atoms with E-state index < -0.39 is 11.7 Å². The van der Waals surface area contributed by atoms with Gasteiger partial charge in [-0.05, 0) is 24.3 Å². The number of rotatable bonds is 2. The average Bonchev–Trinajstić information content (AvgIpc) is 2.38. The summed E-state index contributed by atoms with van der Waals surface area (Å²) in [6.07, 6.45) is -4.19. The first-order valence-electron chi connectivity index (χ1n) is 5.60. The molecule has 2 rings (SSSR count). The number of anilines is 1. The molecule has 1 aliphatic rings. The van der Waals surface area contributed by atoms with Crippen LogP contribution in [0.15, 0.2) is 24.3 Å². The van der Waals surface area contributed by atoms with Gasteiger partial charge in [0.05, 0.1) is 18.3 Å². The smallest absolute Gasteiger partial charge is 0.374 e. The number of hydrogen-bond donors (Lipinski definition) is 0. The van der Waals surface area contributed by atoms with Crippen LogP contribution < -0.4 is 4.90 Å². The highest BCUT2D eigenvalue weighted by Crippen LogP contribution is 2.30. The Morgan fingerprint density at radius 1 is 1.28 bits per heavy atom. The zero-order valence-electron chi connectivity index (χ0n) is 9.58. The minimum Gasteiger partial charge on any atom is -0.374 e. The van der Waals surface area contributed by atoms with Gasteiger partial charge in [0.2, 0.25) is 0 Å². The lowest BCUT2D eigenvalue weighted by atomic mass is 10.1. The molecule has 1 aromatic carbocycles. The maximum atomic E-state index is 12.4. The maximum Gasteiger partial charge on any atom is 0.416 e. The normalized spacial score (nSPS) is 21.1. The Labute approximate surface area is 112 Å². The van der Waals surface area contributed by atoms with Crippen LogP contribution in [0.3, 0.4) is 0 Å². The highest BCUT2D eigenvalue weighted by molar-refractivity contribution is 9.09. The van der Waals surface area contributed by atoms with Crippen molar-refractivity contribution in [3.63, 3.8) is 0 Å². The third-order valence-electron chi connectivity index (χ3n) is 2.87. The predicted octanol–water partition coefficient (Wildman–Crippen LogP) is 3.31. The molecule has 0 spiro atoms. The molecule has 0 aliphatic carbocycles. The van der Waals surface area contributed by atoms with Gasteiger partial charge in [0.1, 0.15) is 0 Å². The largest absolute Gasteiger partial charge is 0.416 e. The molecule has 1 aromatic rings. The van der Waals surface area contributed by atoms with Gasteiger partial charge in [-0.2, -0.15) is 13.2 Å². The van der Waals surface area contributed by atoms with Crippen molar-refractivity contribution in [2.45, 2.75) is 12.3 Å². The molecular formula is C12H13BrF3NO. The summed E-state index contributed by atoms with van der Waals surface area (Å²) in [6.45, 7) is 1.99. The predicted molar refractivity (Wildman–Crippen MR) is 67.2 cm³/mol.